The molecule has 3 fully saturated rings. The molecule has 15 heteroatoms. The van der Waals surface area contributed by atoms with Gasteiger partial charge >= 0.3 is 12.2 Å². The van der Waals surface area contributed by atoms with Crippen molar-refractivity contribution in [1.82, 2.24) is 40.4 Å². The van der Waals surface area contributed by atoms with Crippen molar-refractivity contribution in [2.24, 2.45) is 5.92 Å². The second kappa shape index (κ2) is 19.2. The number of nitrogens with zero attached hydrogens (tertiary/aromatic N) is 4. The number of aromatic amines is 2. The molecule has 0 saturated carbocycles. The van der Waals surface area contributed by atoms with Crippen molar-refractivity contribution >= 4 is 34.8 Å². The fourth-order valence-corrected chi connectivity index (χ4v) is 10.7. The van der Waals surface area contributed by atoms with Crippen LogP contribution in [0.3, 0.4) is 0 Å². The van der Waals surface area contributed by atoms with E-state index >= 15 is 0 Å². The van der Waals surface area contributed by atoms with E-state index in [1.54, 1.807) is 4.90 Å². The number of H-pyrrole nitrogens is 2. The molecule has 15 nitrogen and oxygen atoms in total. The summed E-state index contributed by atoms with van der Waals surface area (Å²) in [5.74, 6) is 1.16. The highest BCUT2D eigenvalue weighted by Gasteiger charge is 2.41. The predicted octanol–water partition coefficient (Wildman–Crippen LogP) is 9.13. The summed E-state index contributed by atoms with van der Waals surface area (Å²) in [7, 11) is 1.29. The minimum atomic E-state index is -0.883. The van der Waals surface area contributed by atoms with E-state index in [2.05, 4.69) is 75.2 Å². The summed E-state index contributed by atoms with van der Waals surface area (Å²) in [5, 5.41) is 7.89. The average molecular weight is 933 g/mol. The van der Waals surface area contributed by atoms with Crippen LogP contribution in [0.4, 0.5) is 9.59 Å². The first-order chi connectivity index (χ1) is 33.4. The van der Waals surface area contributed by atoms with Gasteiger partial charge in [0.15, 0.2) is 0 Å². The third kappa shape index (κ3) is 9.56. The lowest BCUT2D eigenvalue weighted by Crippen LogP contribution is -2.54. The maximum atomic E-state index is 14.4. The number of hydrogen-bond donors (Lipinski definition) is 4. The fourth-order valence-electron chi connectivity index (χ4n) is 10.7. The van der Waals surface area contributed by atoms with Gasteiger partial charge in [-0.2, -0.15) is 0 Å². The molecule has 2 aromatic heterocycles. The van der Waals surface area contributed by atoms with Crippen LogP contribution >= 0.6 is 0 Å². The van der Waals surface area contributed by atoms with Crippen molar-refractivity contribution < 1.29 is 33.4 Å². The molecular formula is C54H60N8O7. The maximum Gasteiger partial charge on any atom is 0.408 e. The summed E-state index contributed by atoms with van der Waals surface area (Å²) in [6.45, 7) is 7.73. The number of rotatable bonds is 10. The summed E-state index contributed by atoms with van der Waals surface area (Å²) in [4.78, 5) is 74.5. The number of methoxy groups -OCH3 is 1. The smallest absolute Gasteiger partial charge is 0.408 e. The lowest BCUT2D eigenvalue weighted by molar-refractivity contribution is -0.137. The van der Waals surface area contributed by atoms with Crippen LogP contribution in [-0.4, -0.2) is 98.8 Å². The molecule has 4 N–H and O–H groups in total. The first-order valence-electron chi connectivity index (χ1n) is 24.3. The molecule has 1 aliphatic carbocycles. The minimum Gasteiger partial charge on any atom is -0.453 e. The number of aromatic nitrogens is 4. The van der Waals surface area contributed by atoms with Crippen LogP contribution in [0.15, 0.2) is 91.1 Å². The molecule has 10 rings (SSSR count). The van der Waals surface area contributed by atoms with E-state index in [-0.39, 0.29) is 29.8 Å². The molecule has 3 aliphatic heterocycles. The molecule has 5 heterocycles. The summed E-state index contributed by atoms with van der Waals surface area (Å²) in [5.41, 5.74) is 8.52. The Kier molecular flexibility index (Phi) is 12.7. The van der Waals surface area contributed by atoms with E-state index < -0.39 is 29.9 Å². The zero-order valence-electron chi connectivity index (χ0n) is 39.7. The predicted molar refractivity (Wildman–Crippen MR) is 261 cm³/mol. The normalized spacial score (nSPS) is 19.1. The maximum absolute atomic E-state index is 14.4. The van der Waals surface area contributed by atoms with Gasteiger partial charge in [0.25, 0.3) is 5.91 Å². The summed E-state index contributed by atoms with van der Waals surface area (Å²) in [6, 6.07) is 26.7. The second-order valence-electron chi connectivity index (χ2n) is 19.7. The first kappa shape index (κ1) is 45.8. The van der Waals surface area contributed by atoms with E-state index in [4.69, 9.17) is 24.2 Å². The van der Waals surface area contributed by atoms with Gasteiger partial charge in [-0.3, -0.25) is 9.59 Å². The molecule has 0 unspecified atom stereocenters. The van der Waals surface area contributed by atoms with Gasteiger partial charge in [0, 0.05) is 37.4 Å². The Bertz CT molecular complexity index is 2880. The van der Waals surface area contributed by atoms with Crippen LogP contribution in [0, 0.1) is 5.92 Å². The number of amides is 4. The number of carbonyl (C=O) groups is 4. The van der Waals surface area contributed by atoms with E-state index in [0.717, 1.165) is 94.5 Å². The topological polar surface area (TPSA) is 184 Å². The number of hydrogen-bond acceptors (Lipinski definition) is 9. The van der Waals surface area contributed by atoms with E-state index in [0.29, 0.717) is 50.5 Å². The molecular weight excluding hydrogens is 873 g/mol. The zero-order chi connectivity index (χ0) is 47.8. The number of carbonyl (C=O) groups excluding carboxylic acids is 4. The molecule has 4 amide bonds. The van der Waals surface area contributed by atoms with Gasteiger partial charge in [0.1, 0.15) is 29.3 Å². The standard InChI is InChI=1S/C54H60N8O7/c1-54(2,3)69-53(66)60-46(33-22-26-68-27-23-33)51(64)62-25-9-13-44(62)49-56-41-21-19-38-29-37(18-20-40(38)47(41)58-49)34-14-15-36-30-39(17-16-35(36)28-34)42-31-55-48(57-42)43-12-8-24-61(43)50(63)45(59-52(65)67-4)32-10-6-5-7-11-32/h5-7,10-11,14-18,20,28-31,33,43-46H,8-9,12-13,19,21-27H2,1-4H3,(H,55,57)(H,56,58)(H,59,65)(H,60,66)/t43-,44-,45+,46-/m0/s1. The highest BCUT2D eigenvalue weighted by atomic mass is 16.6. The van der Waals surface area contributed by atoms with Gasteiger partial charge in [-0.1, -0.05) is 72.8 Å². The molecule has 4 aliphatic rings. The Morgan fingerprint density at radius 1 is 0.739 bits per heavy atom. The van der Waals surface area contributed by atoms with Crippen molar-refractivity contribution in [2.45, 2.75) is 102 Å². The van der Waals surface area contributed by atoms with E-state index in [1.165, 1.54) is 12.7 Å². The number of likely N-dealkylation sites (tertiary alicyclic amines) is 2. The summed E-state index contributed by atoms with van der Waals surface area (Å²) in [6.07, 6.45) is 6.82. The minimum absolute atomic E-state index is 0.0446. The van der Waals surface area contributed by atoms with Gasteiger partial charge in [-0.15, -0.1) is 0 Å². The molecule has 6 aromatic rings. The van der Waals surface area contributed by atoms with Crippen LogP contribution in [-0.2, 0) is 36.6 Å². The van der Waals surface area contributed by atoms with Gasteiger partial charge in [-0.25, -0.2) is 19.6 Å². The highest BCUT2D eigenvalue weighted by Crippen LogP contribution is 2.40. The monoisotopic (exact) mass is 932 g/mol. The first-order valence-corrected chi connectivity index (χ1v) is 24.3. The molecule has 4 atom stereocenters. The van der Waals surface area contributed by atoms with Gasteiger partial charge in [0.2, 0.25) is 5.91 Å². The average Bonchev–Trinajstić information content (AvgIpc) is 4.21. The number of fused-ring (bicyclic) bond motifs is 4. The SMILES string of the molecule is COC(=O)N[C@@H](C(=O)N1CCC[C@H]1c1ncc(-c2ccc3cc(-c4ccc5c(c4)CCc4nc([C@@H]6CCCN6C(=O)[C@@H](NC(=O)OC(C)(C)C)C6CCOCC6)[nH]c4-5)ccc3c2)[nH]1)c1ccccc1. The number of benzene rings is 4. The van der Waals surface area contributed by atoms with E-state index in [1.807, 2.05) is 62.2 Å². The molecule has 69 heavy (non-hydrogen) atoms. The van der Waals surface area contributed by atoms with Crippen molar-refractivity contribution in [3.63, 3.8) is 0 Å². The van der Waals surface area contributed by atoms with Gasteiger partial charge < -0.3 is 44.6 Å². The lowest BCUT2D eigenvalue weighted by Gasteiger charge is -2.34. The van der Waals surface area contributed by atoms with Crippen molar-refractivity contribution in [1.29, 1.82) is 0 Å². The fraction of sp³-hybridized carbons (Fsp3) is 0.407. The van der Waals surface area contributed by atoms with Crippen LogP contribution in [0.25, 0.3) is 44.4 Å². The second-order valence-corrected chi connectivity index (χ2v) is 19.7. The third-order valence-corrected chi connectivity index (χ3v) is 14.1. The Hall–Kier alpha value is -7.00. The quantitative estimate of drug-likeness (QED) is 0.104. The Morgan fingerprint density at radius 3 is 2.13 bits per heavy atom. The van der Waals surface area contributed by atoms with Crippen LogP contribution in [0.5, 0.6) is 0 Å². The van der Waals surface area contributed by atoms with Crippen molar-refractivity contribution in [3.8, 4) is 33.6 Å². The van der Waals surface area contributed by atoms with Crippen molar-refractivity contribution in [3.05, 3.63) is 120 Å². The lowest BCUT2D eigenvalue weighted by atomic mass is 9.89. The van der Waals surface area contributed by atoms with Gasteiger partial charge in [0.05, 0.1) is 42.5 Å². The molecule has 0 radical (unpaired) electrons. The number of aryl methyl sites for hydroxylation is 2. The third-order valence-electron chi connectivity index (χ3n) is 14.1. The molecule has 3 saturated heterocycles. The van der Waals surface area contributed by atoms with Crippen LogP contribution < -0.4 is 10.6 Å². The summed E-state index contributed by atoms with van der Waals surface area (Å²) < 4.78 is 16.1. The largest absolute Gasteiger partial charge is 0.453 e. The zero-order valence-corrected chi connectivity index (χ0v) is 39.7. The summed E-state index contributed by atoms with van der Waals surface area (Å²) >= 11 is 0. The molecule has 4 aromatic carbocycles. The molecule has 0 bridgehead atoms. The van der Waals surface area contributed by atoms with Crippen LogP contribution in [0.1, 0.15) is 106 Å². The number of imidazole rings is 2. The molecule has 0 spiro atoms. The number of ether oxygens (including phenoxy) is 3. The Labute approximate surface area is 401 Å². The Balaban J connectivity index is 0.836. The number of nitrogens with one attached hydrogen (secondary N) is 4. The van der Waals surface area contributed by atoms with E-state index in [9.17, 15) is 19.2 Å². The number of alkyl carbamates (subject to hydrolysis) is 2. The van der Waals surface area contributed by atoms with Crippen LogP contribution in [0.2, 0.25) is 0 Å². The Morgan fingerprint density at radius 2 is 1.41 bits per heavy atom. The molecule has 358 valence electrons. The van der Waals surface area contributed by atoms with Gasteiger partial charge in [-0.05, 0) is 123 Å². The highest BCUT2D eigenvalue weighted by molar-refractivity contribution is 5.91. The van der Waals surface area contributed by atoms with Crippen molar-refractivity contribution in [2.75, 3.05) is 33.4 Å².